The van der Waals surface area contributed by atoms with E-state index in [9.17, 15) is 0 Å². The van der Waals surface area contributed by atoms with Gasteiger partial charge in [-0.15, -0.1) is 0 Å². The lowest BCUT2D eigenvalue weighted by Gasteiger charge is -2.19. The Morgan fingerprint density at radius 1 is 1.31 bits per heavy atom. The fraction of sp³-hybridized carbons (Fsp3) is 0.909. The minimum atomic E-state index is 0.0300. The molecule has 76 valence electrons. The van der Waals surface area contributed by atoms with E-state index in [0.29, 0.717) is 11.8 Å². The molecule has 2 nitrogen and oxygen atoms in total. The second-order valence-corrected chi connectivity index (χ2v) is 4.17. The quantitative estimate of drug-likeness (QED) is 0.685. The Morgan fingerprint density at radius 3 is 2.31 bits per heavy atom. The molecule has 0 spiro atoms. The highest BCUT2D eigenvalue weighted by Crippen LogP contribution is 2.10. The Bertz CT molecular complexity index is 158. The summed E-state index contributed by atoms with van der Waals surface area (Å²) in [5, 5.41) is 12.2. The van der Waals surface area contributed by atoms with Crippen molar-refractivity contribution in [2.45, 2.75) is 46.6 Å². The molecule has 1 N–H and O–H groups in total. The van der Waals surface area contributed by atoms with Crippen LogP contribution in [0.3, 0.4) is 0 Å². The van der Waals surface area contributed by atoms with Gasteiger partial charge in [0, 0.05) is 0 Å². The Labute approximate surface area is 82.3 Å². The molecule has 0 aromatic carbocycles. The molecule has 0 amide bonds. The first-order chi connectivity index (χ1) is 6.11. The number of hydrogen-bond acceptors (Lipinski definition) is 2. The highest BCUT2D eigenvalue weighted by molar-refractivity contribution is 4.93. The molecule has 0 rings (SSSR count). The maximum Gasteiger partial charge on any atom is 0.0978 e. The zero-order chi connectivity index (χ0) is 10.3. The summed E-state index contributed by atoms with van der Waals surface area (Å²) in [6.45, 7) is 9.56. The van der Waals surface area contributed by atoms with Crippen LogP contribution in [-0.2, 0) is 0 Å². The number of hydrogen-bond donors (Lipinski definition) is 1. The lowest BCUT2D eigenvalue weighted by Crippen LogP contribution is -2.35. The average molecular weight is 182 g/mol. The molecule has 2 atom stereocenters. The SMILES string of the molecule is CCCC(C)C(C#N)NCC(C)C. The summed E-state index contributed by atoms with van der Waals surface area (Å²) in [6.07, 6.45) is 2.28. The van der Waals surface area contributed by atoms with Gasteiger partial charge in [-0.05, 0) is 24.8 Å². The summed E-state index contributed by atoms with van der Waals surface area (Å²) in [5.41, 5.74) is 0. The molecule has 0 aliphatic heterocycles. The lowest BCUT2D eigenvalue weighted by atomic mass is 9.97. The molecule has 0 fully saturated rings. The van der Waals surface area contributed by atoms with E-state index in [1.54, 1.807) is 0 Å². The van der Waals surface area contributed by atoms with Gasteiger partial charge in [-0.2, -0.15) is 5.26 Å². The third kappa shape index (κ3) is 5.65. The van der Waals surface area contributed by atoms with E-state index in [2.05, 4.69) is 39.1 Å². The van der Waals surface area contributed by atoms with Crippen LogP contribution >= 0.6 is 0 Å². The summed E-state index contributed by atoms with van der Waals surface area (Å²) >= 11 is 0. The van der Waals surface area contributed by atoms with Crippen molar-refractivity contribution in [3.63, 3.8) is 0 Å². The summed E-state index contributed by atoms with van der Waals surface area (Å²) in [5.74, 6) is 1.08. The molecule has 0 aliphatic rings. The van der Waals surface area contributed by atoms with E-state index in [1.165, 1.54) is 0 Å². The highest BCUT2D eigenvalue weighted by Gasteiger charge is 2.14. The van der Waals surface area contributed by atoms with Gasteiger partial charge in [-0.1, -0.05) is 34.1 Å². The standard InChI is InChI=1S/C11H22N2/c1-5-6-10(4)11(7-12)13-8-9(2)3/h9-11,13H,5-6,8H2,1-4H3. The molecule has 0 bridgehead atoms. The van der Waals surface area contributed by atoms with Crippen LogP contribution in [0.1, 0.15) is 40.5 Å². The fourth-order valence-electron chi connectivity index (χ4n) is 1.36. The van der Waals surface area contributed by atoms with E-state index in [0.717, 1.165) is 19.4 Å². The molecular weight excluding hydrogens is 160 g/mol. The van der Waals surface area contributed by atoms with Crippen molar-refractivity contribution in [1.82, 2.24) is 5.32 Å². The fourth-order valence-corrected chi connectivity index (χ4v) is 1.36. The minimum Gasteiger partial charge on any atom is -0.301 e. The molecule has 13 heavy (non-hydrogen) atoms. The molecule has 0 radical (unpaired) electrons. The molecular formula is C11H22N2. The predicted octanol–water partition coefficient (Wildman–Crippen LogP) is 2.56. The third-order valence-corrected chi connectivity index (χ3v) is 2.20. The van der Waals surface area contributed by atoms with Crippen molar-refractivity contribution in [1.29, 1.82) is 5.26 Å². The van der Waals surface area contributed by atoms with Gasteiger partial charge in [0.05, 0.1) is 12.1 Å². The zero-order valence-electron chi connectivity index (χ0n) is 9.30. The topological polar surface area (TPSA) is 35.8 Å². The molecule has 0 saturated carbocycles. The van der Waals surface area contributed by atoms with Crippen LogP contribution in [0.15, 0.2) is 0 Å². The third-order valence-electron chi connectivity index (χ3n) is 2.20. The van der Waals surface area contributed by atoms with Gasteiger partial charge in [-0.25, -0.2) is 0 Å². The van der Waals surface area contributed by atoms with Gasteiger partial charge in [-0.3, -0.25) is 0 Å². The van der Waals surface area contributed by atoms with Gasteiger partial charge in [0.1, 0.15) is 0 Å². The highest BCUT2D eigenvalue weighted by atomic mass is 14.9. The molecule has 0 saturated heterocycles. The van der Waals surface area contributed by atoms with Gasteiger partial charge in [0.2, 0.25) is 0 Å². The van der Waals surface area contributed by atoms with Gasteiger partial charge in [0.15, 0.2) is 0 Å². The summed E-state index contributed by atoms with van der Waals surface area (Å²) in [7, 11) is 0. The first-order valence-electron chi connectivity index (χ1n) is 5.24. The van der Waals surface area contributed by atoms with Crippen molar-refractivity contribution < 1.29 is 0 Å². The monoisotopic (exact) mass is 182 g/mol. The first kappa shape index (κ1) is 12.4. The number of nitriles is 1. The first-order valence-corrected chi connectivity index (χ1v) is 5.24. The Morgan fingerprint density at radius 2 is 1.92 bits per heavy atom. The Balaban J connectivity index is 3.82. The van der Waals surface area contributed by atoms with E-state index in [1.807, 2.05) is 0 Å². The van der Waals surface area contributed by atoms with Gasteiger partial charge >= 0.3 is 0 Å². The molecule has 0 aromatic rings. The van der Waals surface area contributed by atoms with Crippen LogP contribution in [0.2, 0.25) is 0 Å². The normalized spacial score (nSPS) is 15.4. The Kier molecular flexibility index (Phi) is 6.62. The lowest BCUT2D eigenvalue weighted by molar-refractivity contribution is 0.394. The smallest absolute Gasteiger partial charge is 0.0978 e. The molecule has 2 heteroatoms. The van der Waals surface area contributed by atoms with Crippen LogP contribution in [0.25, 0.3) is 0 Å². The van der Waals surface area contributed by atoms with Crippen LogP contribution in [-0.4, -0.2) is 12.6 Å². The van der Waals surface area contributed by atoms with E-state index in [4.69, 9.17) is 5.26 Å². The van der Waals surface area contributed by atoms with Crippen molar-refractivity contribution in [2.24, 2.45) is 11.8 Å². The van der Waals surface area contributed by atoms with Crippen LogP contribution in [0, 0.1) is 23.2 Å². The molecule has 2 unspecified atom stereocenters. The average Bonchev–Trinajstić information content (AvgIpc) is 2.05. The van der Waals surface area contributed by atoms with E-state index in [-0.39, 0.29) is 6.04 Å². The molecule has 0 aromatic heterocycles. The van der Waals surface area contributed by atoms with Crippen molar-refractivity contribution in [3.8, 4) is 6.07 Å². The maximum absolute atomic E-state index is 8.92. The molecule has 0 aliphatic carbocycles. The summed E-state index contributed by atoms with van der Waals surface area (Å²) in [6, 6.07) is 2.36. The number of nitrogens with zero attached hydrogens (tertiary/aromatic N) is 1. The van der Waals surface area contributed by atoms with Crippen LogP contribution < -0.4 is 5.32 Å². The van der Waals surface area contributed by atoms with E-state index >= 15 is 0 Å². The second kappa shape index (κ2) is 6.91. The summed E-state index contributed by atoms with van der Waals surface area (Å²) < 4.78 is 0. The molecule has 0 heterocycles. The summed E-state index contributed by atoms with van der Waals surface area (Å²) in [4.78, 5) is 0. The predicted molar refractivity (Wildman–Crippen MR) is 56.3 cm³/mol. The van der Waals surface area contributed by atoms with Crippen LogP contribution in [0.4, 0.5) is 0 Å². The Hall–Kier alpha value is -0.550. The second-order valence-electron chi connectivity index (χ2n) is 4.17. The van der Waals surface area contributed by atoms with Gasteiger partial charge < -0.3 is 5.32 Å². The minimum absolute atomic E-state index is 0.0300. The van der Waals surface area contributed by atoms with Crippen molar-refractivity contribution in [2.75, 3.05) is 6.54 Å². The van der Waals surface area contributed by atoms with Gasteiger partial charge in [0.25, 0.3) is 0 Å². The van der Waals surface area contributed by atoms with E-state index < -0.39 is 0 Å². The largest absolute Gasteiger partial charge is 0.301 e. The van der Waals surface area contributed by atoms with Crippen LogP contribution in [0.5, 0.6) is 0 Å². The van der Waals surface area contributed by atoms with Crippen molar-refractivity contribution in [3.05, 3.63) is 0 Å². The zero-order valence-corrected chi connectivity index (χ0v) is 9.30. The number of nitrogens with one attached hydrogen (secondary N) is 1. The van der Waals surface area contributed by atoms with Crippen molar-refractivity contribution >= 4 is 0 Å². The number of rotatable bonds is 6. The maximum atomic E-state index is 8.92.